The van der Waals surface area contributed by atoms with E-state index in [1.165, 1.54) is 4.88 Å². The number of hydrogen-bond acceptors (Lipinski definition) is 6. The van der Waals surface area contributed by atoms with Crippen molar-refractivity contribution in [3.8, 4) is 0 Å². The van der Waals surface area contributed by atoms with Crippen LogP contribution in [0.5, 0.6) is 0 Å². The molecule has 0 spiro atoms. The van der Waals surface area contributed by atoms with Crippen molar-refractivity contribution in [2.45, 2.75) is 45.6 Å². The Labute approximate surface area is 125 Å². The fraction of sp³-hybridized carbons (Fsp3) is 0.786. The van der Waals surface area contributed by atoms with Gasteiger partial charge in [-0.25, -0.2) is 4.98 Å². The monoisotopic (exact) mass is 299 g/mol. The molecule has 0 radical (unpaired) electrons. The summed E-state index contributed by atoms with van der Waals surface area (Å²) in [5.41, 5.74) is 1.05. The first-order chi connectivity index (χ1) is 9.67. The van der Waals surface area contributed by atoms with Gasteiger partial charge >= 0.3 is 0 Å². The van der Waals surface area contributed by atoms with Crippen molar-refractivity contribution in [1.82, 2.24) is 10.3 Å². The van der Waals surface area contributed by atoms with E-state index in [0.29, 0.717) is 12.6 Å². The summed E-state index contributed by atoms with van der Waals surface area (Å²) in [6.07, 6.45) is 1.34. The van der Waals surface area contributed by atoms with Crippen molar-refractivity contribution < 1.29 is 9.47 Å². The van der Waals surface area contributed by atoms with Gasteiger partial charge in [0.25, 0.3) is 0 Å². The second-order valence-electron chi connectivity index (χ2n) is 5.12. The van der Waals surface area contributed by atoms with Gasteiger partial charge in [0, 0.05) is 32.2 Å². The molecule has 1 N–H and O–H groups in total. The molecule has 114 valence electrons. The van der Waals surface area contributed by atoms with Crippen LogP contribution in [0.4, 0.5) is 5.13 Å². The zero-order valence-electron chi connectivity index (χ0n) is 12.8. The molecule has 0 bridgehead atoms. The molecule has 20 heavy (non-hydrogen) atoms. The van der Waals surface area contributed by atoms with Gasteiger partial charge in [-0.2, -0.15) is 0 Å². The summed E-state index contributed by atoms with van der Waals surface area (Å²) in [6.45, 7) is 7.48. The average Bonchev–Trinajstić information content (AvgIpc) is 3.03. The minimum absolute atomic E-state index is 0.270. The van der Waals surface area contributed by atoms with Crippen LogP contribution >= 0.6 is 11.3 Å². The van der Waals surface area contributed by atoms with E-state index < -0.39 is 0 Å². The summed E-state index contributed by atoms with van der Waals surface area (Å²) in [5, 5.41) is 4.43. The van der Waals surface area contributed by atoms with Gasteiger partial charge in [0.2, 0.25) is 0 Å². The van der Waals surface area contributed by atoms with E-state index in [1.54, 1.807) is 18.4 Å². The van der Waals surface area contributed by atoms with Gasteiger partial charge in [-0.05, 0) is 19.9 Å². The molecule has 2 heterocycles. The summed E-state index contributed by atoms with van der Waals surface area (Å²) >= 11 is 1.75. The number of hydrogen-bond donors (Lipinski definition) is 1. The van der Waals surface area contributed by atoms with Crippen molar-refractivity contribution in [3.63, 3.8) is 0 Å². The van der Waals surface area contributed by atoms with E-state index in [4.69, 9.17) is 14.5 Å². The fourth-order valence-electron chi connectivity index (χ4n) is 2.52. The van der Waals surface area contributed by atoms with Gasteiger partial charge in [-0.15, -0.1) is 11.3 Å². The summed E-state index contributed by atoms with van der Waals surface area (Å²) in [4.78, 5) is 8.28. The first-order valence-corrected chi connectivity index (χ1v) is 8.01. The Kier molecular flexibility index (Phi) is 5.77. The highest BCUT2D eigenvalue weighted by Crippen LogP contribution is 2.30. The van der Waals surface area contributed by atoms with Crippen molar-refractivity contribution >= 4 is 16.5 Å². The first-order valence-electron chi connectivity index (χ1n) is 7.20. The van der Waals surface area contributed by atoms with Gasteiger partial charge in [0.1, 0.15) is 0 Å². The molecule has 0 amide bonds. The fourth-order valence-corrected chi connectivity index (χ4v) is 3.57. The van der Waals surface area contributed by atoms with Crippen LogP contribution in [0.15, 0.2) is 0 Å². The second-order valence-corrected chi connectivity index (χ2v) is 6.18. The predicted molar refractivity (Wildman–Crippen MR) is 82.4 cm³/mol. The van der Waals surface area contributed by atoms with E-state index in [2.05, 4.69) is 31.1 Å². The number of likely N-dealkylation sites (N-methyl/N-ethyl adjacent to an activating group) is 1. The van der Waals surface area contributed by atoms with Crippen molar-refractivity contribution in [1.29, 1.82) is 0 Å². The van der Waals surface area contributed by atoms with E-state index in [0.717, 1.165) is 36.9 Å². The lowest BCUT2D eigenvalue weighted by atomic mass is 10.1. The number of anilines is 1. The Hall–Kier alpha value is -0.690. The zero-order chi connectivity index (χ0) is 14.5. The molecule has 6 heteroatoms. The number of nitrogens with zero attached hydrogens (tertiary/aromatic N) is 2. The van der Waals surface area contributed by atoms with Gasteiger partial charge in [-0.1, -0.05) is 6.92 Å². The van der Waals surface area contributed by atoms with Crippen molar-refractivity contribution in [2.24, 2.45) is 0 Å². The minimum atomic E-state index is 0.270. The smallest absolute Gasteiger partial charge is 0.185 e. The predicted octanol–water partition coefficient (Wildman–Crippen LogP) is 2.01. The first kappa shape index (κ1) is 15.7. The maximum Gasteiger partial charge on any atom is 0.185 e. The molecule has 2 unspecified atom stereocenters. The quantitative estimate of drug-likeness (QED) is 0.834. The molecule has 1 aliphatic rings. The van der Waals surface area contributed by atoms with Crippen LogP contribution in [-0.4, -0.2) is 44.4 Å². The van der Waals surface area contributed by atoms with Gasteiger partial charge in [0.15, 0.2) is 5.13 Å². The number of thiazole rings is 1. The molecule has 1 saturated heterocycles. The molecule has 5 nitrogen and oxygen atoms in total. The zero-order valence-corrected chi connectivity index (χ0v) is 13.6. The normalized spacial score (nSPS) is 22.4. The number of aromatic nitrogens is 1. The number of ether oxygens (including phenoxy) is 2. The molecular weight excluding hydrogens is 274 g/mol. The second kappa shape index (κ2) is 7.36. The van der Waals surface area contributed by atoms with E-state index in [-0.39, 0.29) is 6.10 Å². The van der Waals surface area contributed by atoms with Crippen LogP contribution < -0.4 is 10.2 Å². The lowest BCUT2D eigenvalue weighted by molar-refractivity contribution is 0.118. The van der Waals surface area contributed by atoms with Gasteiger partial charge in [-0.3, -0.25) is 0 Å². The van der Waals surface area contributed by atoms with Crippen LogP contribution in [0, 0.1) is 0 Å². The topological polar surface area (TPSA) is 46.6 Å². The molecule has 2 atom stereocenters. The molecule has 0 aromatic carbocycles. The van der Waals surface area contributed by atoms with E-state index in [1.807, 2.05) is 0 Å². The Morgan fingerprint density at radius 1 is 1.55 bits per heavy atom. The van der Waals surface area contributed by atoms with Crippen LogP contribution in [0.1, 0.15) is 30.8 Å². The Bertz CT molecular complexity index is 425. The molecule has 1 aliphatic heterocycles. The third-order valence-corrected chi connectivity index (χ3v) is 4.91. The highest BCUT2D eigenvalue weighted by molar-refractivity contribution is 7.15. The standard InChI is InChI=1S/C14H25N3O2S/c1-5-15-8-13-11(9-18-4)16-14(20-13)17(3)12-6-7-19-10(12)2/h10,12,15H,5-9H2,1-4H3. The van der Waals surface area contributed by atoms with Gasteiger partial charge < -0.3 is 19.7 Å². The molecule has 1 aromatic heterocycles. The van der Waals surface area contributed by atoms with Crippen LogP contribution in [0.25, 0.3) is 0 Å². The maximum atomic E-state index is 5.66. The molecule has 0 saturated carbocycles. The third-order valence-electron chi connectivity index (χ3n) is 3.72. The average molecular weight is 299 g/mol. The third kappa shape index (κ3) is 3.49. The maximum absolute atomic E-state index is 5.66. The minimum Gasteiger partial charge on any atom is -0.378 e. The SMILES string of the molecule is CCNCc1sc(N(C)C2CCOC2C)nc1COC. The highest BCUT2D eigenvalue weighted by Gasteiger charge is 2.30. The van der Waals surface area contributed by atoms with Crippen LogP contribution in [-0.2, 0) is 22.6 Å². The Morgan fingerprint density at radius 3 is 2.95 bits per heavy atom. The largest absolute Gasteiger partial charge is 0.378 e. The Balaban J connectivity index is 2.14. The van der Waals surface area contributed by atoms with Crippen LogP contribution in [0.2, 0.25) is 0 Å². The molecule has 0 aliphatic carbocycles. The van der Waals surface area contributed by atoms with E-state index in [9.17, 15) is 0 Å². The summed E-state index contributed by atoms with van der Waals surface area (Å²) in [5.74, 6) is 0. The van der Waals surface area contributed by atoms with Crippen molar-refractivity contribution in [2.75, 3.05) is 32.2 Å². The number of rotatable bonds is 7. The summed E-state index contributed by atoms with van der Waals surface area (Å²) < 4.78 is 10.9. The van der Waals surface area contributed by atoms with E-state index >= 15 is 0 Å². The lowest BCUT2D eigenvalue weighted by Crippen LogP contribution is -2.36. The lowest BCUT2D eigenvalue weighted by Gasteiger charge is -2.26. The van der Waals surface area contributed by atoms with Gasteiger partial charge in [0.05, 0.1) is 24.4 Å². The molecular formula is C14H25N3O2S. The summed E-state index contributed by atoms with van der Waals surface area (Å²) in [7, 11) is 3.83. The number of methoxy groups -OCH3 is 1. The Morgan fingerprint density at radius 2 is 2.35 bits per heavy atom. The molecule has 1 fully saturated rings. The van der Waals surface area contributed by atoms with Crippen LogP contribution in [0.3, 0.4) is 0 Å². The highest BCUT2D eigenvalue weighted by atomic mass is 32.1. The molecule has 2 rings (SSSR count). The van der Waals surface area contributed by atoms with Crippen molar-refractivity contribution in [3.05, 3.63) is 10.6 Å². The summed E-state index contributed by atoms with van der Waals surface area (Å²) in [6, 6.07) is 0.420. The molecule has 1 aromatic rings. The number of nitrogens with one attached hydrogen (secondary N) is 1.